The molecule has 0 saturated carbocycles. The van der Waals surface area contributed by atoms with Crippen LogP contribution < -0.4 is 0 Å². The van der Waals surface area contributed by atoms with Gasteiger partial charge in [0.2, 0.25) is 0 Å². The highest BCUT2D eigenvalue weighted by atomic mass is 28.4. The quantitative estimate of drug-likeness (QED) is 0.199. The van der Waals surface area contributed by atoms with Crippen molar-refractivity contribution in [1.82, 2.24) is 0 Å². The van der Waals surface area contributed by atoms with Crippen LogP contribution in [-0.4, -0.2) is 21.8 Å². The highest BCUT2D eigenvalue weighted by Gasteiger charge is 2.26. The predicted octanol–water partition coefficient (Wildman–Crippen LogP) is 6.93. The van der Waals surface area contributed by atoms with Crippen molar-refractivity contribution in [1.29, 1.82) is 0 Å². The Kier molecular flexibility index (Phi) is 16.6. The number of hydrogen-bond acceptors (Lipinski definition) is 2. The van der Waals surface area contributed by atoms with Crippen LogP contribution in [0.1, 0.15) is 97.3 Å². The molecule has 0 amide bonds. The number of unbranched alkanes of at least 4 members (excludes halogenated alkanes) is 11. The molecule has 138 valence electrons. The molecule has 0 bridgehead atoms. The zero-order chi connectivity index (χ0) is 17.2. The standard InChI is InChI=1S/C20H42O2Si/c1-5-8-10-12-13-14-15-16-18-20-22-23(4,7-3)21-19-17-11-9-6-2/h7H,3,5-6,8-20H2,1-2,4H3. The van der Waals surface area contributed by atoms with Gasteiger partial charge in [-0.3, -0.25) is 0 Å². The van der Waals surface area contributed by atoms with Gasteiger partial charge in [-0.1, -0.05) is 84.5 Å². The number of rotatable bonds is 18. The molecular weight excluding hydrogens is 300 g/mol. The van der Waals surface area contributed by atoms with Crippen LogP contribution in [0.25, 0.3) is 0 Å². The molecule has 0 aliphatic heterocycles. The van der Waals surface area contributed by atoms with Gasteiger partial charge in [-0.05, 0) is 25.1 Å². The molecule has 0 aromatic rings. The second kappa shape index (κ2) is 16.7. The van der Waals surface area contributed by atoms with E-state index in [9.17, 15) is 0 Å². The minimum atomic E-state index is -2.11. The molecule has 0 heterocycles. The molecular formula is C20H42O2Si. The van der Waals surface area contributed by atoms with Crippen LogP contribution in [0, 0.1) is 0 Å². The predicted molar refractivity (Wildman–Crippen MR) is 105 cm³/mol. The van der Waals surface area contributed by atoms with Gasteiger partial charge in [-0.25, -0.2) is 0 Å². The van der Waals surface area contributed by atoms with E-state index in [1.165, 1.54) is 70.6 Å². The maximum atomic E-state index is 6.04. The summed E-state index contributed by atoms with van der Waals surface area (Å²) in [6, 6.07) is 0. The summed E-state index contributed by atoms with van der Waals surface area (Å²) in [6.45, 7) is 12.2. The third-order valence-electron chi connectivity index (χ3n) is 4.39. The van der Waals surface area contributed by atoms with Crippen molar-refractivity contribution in [3.05, 3.63) is 12.3 Å². The summed E-state index contributed by atoms with van der Waals surface area (Å²) >= 11 is 0. The molecule has 0 rings (SSSR count). The van der Waals surface area contributed by atoms with Crippen LogP contribution in [0.3, 0.4) is 0 Å². The van der Waals surface area contributed by atoms with Crippen molar-refractivity contribution in [2.75, 3.05) is 13.2 Å². The van der Waals surface area contributed by atoms with Crippen molar-refractivity contribution in [2.45, 2.75) is 104 Å². The Bertz CT molecular complexity index is 258. The Morgan fingerprint density at radius 1 is 0.652 bits per heavy atom. The van der Waals surface area contributed by atoms with Crippen molar-refractivity contribution in [2.24, 2.45) is 0 Å². The fraction of sp³-hybridized carbons (Fsp3) is 0.900. The maximum Gasteiger partial charge on any atom is 0.361 e. The van der Waals surface area contributed by atoms with E-state index in [0.29, 0.717) is 0 Å². The Balaban J connectivity index is 3.49. The Labute approximate surface area is 147 Å². The van der Waals surface area contributed by atoms with Crippen molar-refractivity contribution in [3.63, 3.8) is 0 Å². The van der Waals surface area contributed by atoms with Gasteiger partial charge in [0.25, 0.3) is 0 Å². The van der Waals surface area contributed by atoms with Gasteiger partial charge in [-0.15, -0.1) is 6.58 Å². The summed E-state index contributed by atoms with van der Waals surface area (Å²) in [4.78, 5) is 0. The highest BCUT2D eigenvalue weighted by Crippen LogP contribution is 2.13. The van der Waals surface area contributed by atoms with Gasteiger partial charge in [0, 0.05) is 13.2 Å². The lowest BCUT2D eigenvalue weighted by molar-refractivity contribution is 0.177. The summed E-state index contributed by atoms with van der Waals surface area (Å²) in [5, 5.41) is 0. The Hall–Kier alpha value is -0.123. The largest absolute Gasteiger partial charge is 0.391 e. The average molecular weight is 343 g/mol. The molecule has 0 spiro atoms. The van der Waals surface area contributed by atoms with Crippen LogP contribution in [0.4, 0.5) is 0 Å². The van der Waals surface area contributed by atoms with Gasteiger partial charge >= 0.3 is 8.56 Å². The van der Waals surface area contributed by atoms with Crippen molar-refractivity contribution >= 4 is 8.56 Å². The zero-order valence-electron chi connectivity index (χ0n) is 16.2. The fourth-order valence-corrected chi connectivity index (χ4v) is 4.07. The van der Waals surface area contributed by atoms with Crippen LogP contribution in [-0.2, 0) is 8.85 Å². The first kappa shape index (κ1) is 22.9. The third kappa shape index (κ3) is 15.2. The first-order chi connectivity index (χ1) is 11.2. The fourth-order valence-electron chi connectivity index (χ4n) is 2.65. The van der Waals surface area contributed by atoms with Gasteiger partial charge in [0.1, 0.15) is 0 Å². The van der Waals surface area contributed by atoms with E-state index in [2.05, 4.69) is 27.0 Å². The maximum absolute atomic E-state index is 6.04. The van der Waals surface area contributed by atoms with E-state index in [1.807, 2.05) is 5.70 Å². The monoisotopic (exact) mass is 342 g/mol. The highest BCUT2D eigenvalue weighted by molar-refractivity contribution is 6.71. The molecule has 0 aliphatic rings. The molecule has 3 heteroatoms. The minimum Gasteiger partial charge on any atom is -0.391 e. The third-order valence-corrected chi connectivity index (χ3v) is 6.69. The summed E-state index contributed by atoms with van der Waals surface area (Å²) in [5.41, 5.74) is 1.93. The molecule has 0 aromatic heterocycles. The molecule has 0 radical (unpaired) electrons. The van der Waals surface area contributed by atoms with E-state index in [1.54, 1.807) is 0 Å². The van der Waals surface area contributed by atoms with Crippen molar-refractivity contribution < 1.29 is 8.85 Å². The van der Waals surface area contributed by atoms with Crippen LogP contribution in [0.15, 0.2) is 12.3 Å². The Morgan fingerprint density at radius 3 is 1.39 bits per heavy atom. The molecule has 0 saturated heterocycles. The normalized spacial score (nSPS) is 13.9. The summed E-state index contributed by atoms with van der Waals surface area (Å²) in [5.74, 6) is 0. The van der Waals surface area contributed by atoms with E-state index in [0.717, 1.165) is 26.1 Å². The second-order valence-electron chi connectivity index (χ2n) is 6.81. The number of hydrogen-bond donors (Lipinski definition) is 0. The topological polar surface area (TPSA) is 18.5 Å². The molecule has 0 fully saturated rings. The molecule has 0 N–H and O–H groups in total. The zero-order valence-corrected chi connectivity index (χ0v) is 17.2. The molecule has 1 atom stereocenters. The van der Waals surface area contributed by atoms with E-state index in [4.69, 9.17) is 8.85 Å². The first-order valence-electron chi connectivity index (χ1n) is 10.1. The molecule has 2 nitrogen and oxygen atoms in total. The smallest absolute Gasteiger partial charge is 0.361 e. The van der Waals surface area contributed by atoms with Gasteiger partial charge in [0.15, 0.2) is 0 Å². The SMILES string of the molecule is C=C[Si](C)(OCCCCCC)OCCCCCCCCCCC. The van der Waals surface area contributed by atoms with Gasteiger partial charge in [-0.2, -0.15) is 0 Å². The molecule has 23 heavy (non-hydrogen) atoms. The summed E-state index contributed by atoms with van der Waals surface area (Å²) in [7, 11) is -2.11. The van der Waals surface area contributed by atoms with Crippen LogP contribution in [0.5, 0.6) is 0 Å². The lowest BCUT2D eigenvalue weighted by Gasteiger charge is -2.23. The van der Waals surface area contributed by atoms with Gasteiger partial charge < -0.3 is 8.85 Å². The summed E-state index contributed by atoms with van der Waals surface area (Å²) < 4.78 is 12.1. The molecule has 0 aromatic carbocycles. The van der Waals surface area contributed by atoms with Crippen LogP contribution in [0.2, 0.25) is 6.55 Å². The second-order valence-corrected chi connectivity index (χ2v) is 9.82. The average Bonchev–Trinajstić information content (AvgIpc) is 2.56. The van der Waals surface area contributed by atoms with Crippen molar-refractivity contribution in [3.8, 4) is 0 Å². The Morgan fingerprint density at radius 2 is 1.00 bits per heavy atom. The minimum absolute atomic E-state index is 0.826. The summed E-state index contributed by atoms with van der Waals surface area (Å²) in [6.07, 6.45) is 17.1. The lowest BCUT2D eigenvalue weighted by Crippen LogP contribution is -2.37. The van der Waals surface area contributed by atoms with Gasteiger partial charge in [0.05, 0.1) is 0 Å². The lowest BCUT2D eigenvalue weighted by atomic mass is 10.1. The van der Waals surface area contributed by atoms with E-state index >= 15 is 0 Å². The van der Waals surface area contributed by atoms with E-state index < -0.39 is 8.56 Å². The van der Waals surface area contributed by atoms with E-state index in [-0.39, 0.29) is 0 Å². The first-order valence-corrected chi connectivity index (χ1v) is 12.5. The van der Waals surface area contributed by atoms with Crippen LogP contribution >= 0.6 is 0 Å². The molecule has 0 aliphatic carbocycles. The molecule has 1 unspecified atom stereocenters.